The minimum absolute atomic E-state index is 0.0644. The number of hydrogen-bond acceptors (Lipinski definition) is 6. The van der Waals surface area contributed by atoms with Crippen molar-refractivity contribution in [2.45, 2.75) is 30.5 Å². The van der Waals surface area contributed by atoms with Gasteiger partial charge in [-0.3, -0.25) is 4.79 Å². The van der Waals surface area contributed by atoms with Gasteiger partial charge in [-0.05, 0) is 81.9 Å². The van der Waals surface area contributed by atoms with Crippen LogP contribution in [0.25, 0.3) is 11.1 Å². The van der Waals surface area contributed by atoms with Crippen LogP contribution in [0.2, 0.25) is 0 Å². The number of methoxy groups -OCH3 is 1. The number of nitrogens with one attached hydrogen (secondary N) is 1. The Morgan fingerprint density at radius 1 is 0.875 bits per heavy atom. The monoisotopic (exact) mass is 702 g/mol. The summed E-state index contributed by atoms with van der Waals surface area (Å²) in [5.41, 5.74) is 5.37. The lowest BCUT2D eigenvalue weighted by Gasteiger charge is -2.32. The third-order valence-corrected chi connectivity index (χ3v) is 9.45. The van der Waals surface area contributed by atoms with Crippen LogP contribution >= 0.6 is 15.9 Å². The Morgan fingerprint density at radius 2 is 1.56 bits per heavy atom. The summed E-state index contributed by atoms with van der Waals surface area (Å²) in [5.74, 6) is 1.45. The minimum atomic E-state index is -1.38. The molecule has 1 aliphatic carbocycles. The maximum Gasteiger partial charge on any atom is 0.253 e. The third-order valence-electron chi connectivity index (χ3n) is 8.92. The first-order valence-electron chi connectivity index (χ1n) is 16.0. The van der Waals surface area contributed by atoms with Gasteiger partial charge in [0, 0.05) is 29.5 Å². The first-order chi connectivity index (χ1) is 23.5. The lowest BCUT2D eigenvalue weighted by atomic mass is 9.81. The van der Waals surface area contributed by atoms with Gasteiger partial charge in [0.05, 0.1) is 19.8 Å². The van der Waals surface area contributed by atoms with Crippen LogP contribution in [0, 0.1) is 0 Å². The molecule has 0 bridgehead atoms. The van der Waals surface area contributed by atoms with Crippen molar-refractivity contribution in [3.63, 3.8) is 0 Å². The Hall–Kier alpha value is -4.92. The van der Waals surface area contributed by atoms with Crippen molar-refractivity contribution < 1.29 is 24.1 Å². The highest BCUT2D eigenvalue weighted by atomic mass is 79.9. The quantitative estimate of drug-likeness (QED) is 0.138. The van der Waals surface area contributed by atoms with E-state index >= 15 is 4.79 Å². The van der Waals surface area contributed by atoms with Crippen molar-refractivity contribution in [3.05, 3.63) is 154 Å². The van der Waals surface area contributed by atoms with Crippen LogP contribution < -0.4 is 14.8 Å². The molecule has 2 aliphatic rings. The largest absolute Gasteiger partial charge is 0.497 e. The number of fused-ring (bicyclic) bond motifs is 3. The molecular weight excluding hydrogens is 668 g/mol. The molecule has 0 saturated carbocycles. The molecule has 0 unspecified atom stereocenters. The molecule has 242 valence electrons. The summed E-state index contributed by atoms with van der Waals surface area (Å²) in [6.07, 6.45) is 0.0675. The van der Waals surface area contributed by atoms with Gasteiger partial charge in [-0.25, -0.2) is 4.99 Å². The first kappa shape index (κ1) is 31.7. The highest BCUT2D eigenvalue weighted by molar-refractivity contribution is 9.10. The highest BCUT2D eigenvalue weighted by Crippen LogP contribution is 2.47. The standard InChI is InChI=1S/C40H35BrN2O5/c1-46-31-9-6-8-28(24-31)37-40(25-26-14-18-29(41)19-15-26,43-38(48-37)27-16-20-30(21-17-27)47-23-7-22-44)39(45)42-36-34-12-4-2-10-32(34)33-11-3-5-13-35(33)36/h2-6,8-21,24,36-37,44H,7,22-23,25H2,1H3,(H,42,45)/t37-,40-/m1/s1. The molecule has 0 fully saturated rings. The number of ether oxygens (including phenoxy) is 3. The van der Waals surface area contributed by atoms with E-state index in [4.69, 9.17) is 24.3 Å². The number of carbonyl (C=O) groups excluding carboxylic acids is 1. The van der Waals surface area contributed by atoms with Crippen molar-refractivity contribution >= 4 is 27.7 Å². The molecule has 0 spiro atoms. The van der Waals surface area contributed by atoms with E-state index in [2.05, 4.69) is 45.5 Å². The second-order valence-corrected chi connectivity index (χ2v) is 12.9. The summed E-state index contributed by atoms with van der Waals surface area (Å²) in [7, 11) is 1.62. The van der Waals surface area contributed by atoms with E-state index < -0.39 is 11.6 Å². The zero-order valence-electron chi connectivity index (χ0n) is 26.4. The molecule has 7 nitrogen and oxygen atoms in total. The Bertz CT molecular complexity index is 1910. The van der Waals surface area contributed by atoms with Crippen LogP contribution in [0.15, 0.2) is 131 Å². The molecule has 5 aromatic rings. The topological polar surface area (TPSA) is 89.4 Å². The summed E-state index contributed by atoms with van der Waals surface area (Å²) in [4.78, 5) is 20.4. The fourth-order valence-electron chi connectivity index (χ4n) is 6.57. The van der Waals surface area contributed by atoms with Crippen LogP contribution in [0.3, 0.4) is 0 Å². The molecular formula is C40H35BrN2O5. The summed E-state index contributed by atoms with van der Waals surface area (Å²) in [6.45, 7) is 0.476. The number of amides is 1. The predicted octanol–water partition coefficient (Wildman–Crippen LogP) is 7.60. The van der Waals surface area contributed by atoms with Gasteiger partial charge in [0.15, 0.2) is 11.6 Å². The van der Waals surface area contributed by atoms with Gasteiger partial charge in [0.2, 0.25) is 5.90 Å². The van der Waals surface area contributed by atoms with Crippen molar-refractivity contribution in [1.82, 2.24) is 5.32 Å². The van der Waals surface area contributed by atoms with Gasteiger partial charge in [-0.15, -0.1) is 0 Å². The van der Waals surface area contributed by atoms with Gasteiger partial charge >= 0.3 is 0 Å². The van der Waals surface area contributed by atoms with Crippen LogP contribution in [0.1, 0.15) is 46.4 Å². The van der Waals surface area contributed by atoms with E-state index in [1.807, 2.05) is 97.1 Å². The number of carbonyl (C=O) groups is 1. The minimum Gasteiger partial charge on any atom is -0.497 e. The SMILES string of the molecule is COc1cccc([C@H]2OC(c3ccc(OCCCO)cc3)=N[C@@]2(Cc2ccc(Br)cc2)C(=O)NC2c3ccccc3-c3ccccc32)c1. The molecule has 1 heterocycles. The first-order valence-corrected chi connectivity index (χ1v) is 16.8. The number of aliphatic hydroxyl groups excluding tert-OH is 1. The smallest absolute Gasteiger partial charge is 0.253 e. The van der Waals surface area contributed by atoms with E-state index in [0.29, 0.717) is 30.4 Å². The zero-order chi connectivity index (χ0) is 33.1. The van der Waals surface area contributed by atoms with Crippen LogP contribution in [-0.4, -0.2) is 42.8 Å². The summed E-state index contributed by atoms with van der Waals surface area (Å²) < 4.78 is 19.1. The van der Waals surface area contributed by atoms with E-state index in [0.717, 1.165) is 43.4 Å². The molecule has 5 aromatic carbocycles. The number of rotatable bonds is 11. The van der Waals surface area contributed by atoms with Crippen LogP contribution in [-0.2, 0) is 16.0 Å². The van der Waals surface area contributed by atoms with E-state index in [1.165, 1.54) is 0 Å². The maximum absolute atomic E-state index is 15.2. The third kappa shape index (κ3) is 6.09. The predicted molar refractivity (Wildman–Crippen MR) is 189 cm³/mol. The Morgan fingerprint density at radius 3 is 2.23 bits per heavy atom. The fraction of sp³-hybridized carbons (Fsp3) is 0.200. The average Bonchev–Trinajstić information content (AvgIpc) is 3.67. The summed E-state index contributed by atoms with van der Waals surface area (Å²) in [6, 6.07) is 39.1. The van der Waals surface area contributed by atoms with Gasteiger partial charge in [-0.1, -0.05) is 88.7 Å². The fourth-order valence-corrected chi connectivity index (χ4v) is 6.83. The average molecular weight is 704 g/mol. The highest BCUT2D eigenvalue weighted by Gasteiger charge is 2.54. The number of hydrogen-bond donors (Lipinski definition) is 2. The Balaban J connectivity index is 1.34. The summed E-state index contributed by atoms with van der Waals surface area (Å²) in [5, 5.41) is 12.6. The number of halogens is 1. The lowest BCUT2D eigenvalue weighted by Crippen LogP contribution is -2.50. The Kier molecular flexibility index (Phi) is 9.02. The molecule has 8 heteroatoms. The molecule has 0 radical (unpaired) electrons. The van der Waals surface area contributed by atoms with Crippen molar-refractivity contribution in [2.24, 2.45) is 4.99 Å². The van der Waals surface area contributed by atoms with Gasteiger partial charge in [-0.2, -0.15) is 0 Å². The number of aliphatic hydroxyl groups is 1. The van der Waals surface area contributed by atoms with E-state index in [1.54, 1.807) is 7.11 Å². The second kappa shape index (κ2) is 13.7. The molecule has 2 atom stereocenters. The van der Waals surface area contributed by atoms with Crippen molar-refractivity contribution in [2.75, 3.05) is 20.3 Å². The second-order valence-electron chi connectivity index (χ2n) is 11.9. The zero-order valence-corrected chi connectivity index (χ0v) is 28.0. The van der Waals surface area contributed by atoms with E-state index in [9.17, 15) is 0 Å². The van der Waals surface area contributed by atoms with Crippen LogP contribution in [0.4, 0.5) is 0 Å². The van der Waals surface area contributed by atoms with E-state index in [-0.39, 0.29) is 25.0 Å². The lowest BCUT2D eigenvalue weighted by molar-refractivity contribution is -0.129. The van der Waals surface area contributed by atoms with Gasteiger partial charge in [0.25, 0.3) is 5.91 Å². The molecule has 2 N–H and O–H groups in total. The molecule has 7 rings (SSSR count). The molecule has 48 heavy (non-hydrogen) atoms. The molecule has 1 amide bonds. The van der Waals surface area contributed by atoms with Gasteiger partial charge < -0.3 is 24.6 Å². The number of aliphatic imine (C=N–C) groups is 1. The number of nitrogens with zero attached hydrogens (tertiary/aromatic N) is 1. The summed E-state index contributed by atoms with van der Waals surface area (Å²) >= 11 is 3.55. The van der Waals surface area contributed by atoms with Crippen molar-refractivity contribution in [1.29, 1.82) is 0 Å². The Labute approximate surface area is 288 Å². The molecule has 1 aliphatic heterocycles. The molecule has 0 saturated heterocycles. The van der Waals surface area contributed by atoms with Crippen molar-refractivity contribution in [3.8, 4) is 22.6 Å². The van der Waals surface area contributed by atoms with Crippen LogP contribution in [0.5, 0.6) is 11.5 Å². The molecule has 0 aromatic heterocycles. The maximum atomic E-state index is 15.2. The normalized spacial score (nSPS) is 18.0. The number of benzene rings is 5. The van der Waals surface area contributed by atoms with Gasteiger partial charge in [0.1, 0.15) is 11.5 Å².